The molecule has 1 saturated heterocycles. The predicted octanol–water partition coefficient (Wildman–Crippen LogP) is 2.60. The summed E-state index contributed by atoms with van der Waals surface area (Å²) in [5.41, 5.74) is 1.06. The van der Waals surface area contributed by atoms with Gasteiger partial charge in [-0.3, -0.25) is 9.59 Å². The van der Waals surface area contributed by atoms with Gasteiger partial charge in [-0.25, -0.2) is 0 Å². The Hall–Kier alpha value is -2.76. The molecule has 144 valence electrons. The van der Waals surface area contributed by atoms with Crippen LogP contribution in [0, 0.1) is 0 Å². The summed E-state index contributed by atoms with van der Waals surface area (Å²) in [5.74, 6) is 1.04. The Morgan fingerprint density at radius 3 is 2.59 bits per heavy atom. The van der Waals surface area contributed by atoms with Crippen molar-refractivity contribution in [1.29, 1.82) is 0 Å². The zero-order chi connectivity index (χ0) is 19.1. The topological polar surface area (TPSA) is 63.6 Å². The molecular formula is C21H27N3O3. The van der Waals surface area contributed by atoms with Crippen LogP contribution >= 0.6 is 0 Å². The van der Waals surface area contributed by atoms with Gasteiger partial charge in [0, 0.05) is 38.4 Å². The average molecular weight is 369 g/mol. The Morgan fingerprint density at radius 1 is 1.22 bits per heavy atom. The lowest BCUT2D eigenvalue weighted by Crippen LogP contribution is -2.31. The third kappa shape index (κ3) is 5.12. The lowest BCUT2D eigenvalue weighted by Gasteiger charge is -2.20. The normalized spacial score (nSPS) is 15.0. The molecule has 0 spiro atoms. The van der Waals surface area contributed by atoms with Gasteiger partial charge < -0.3 is 19.5 Å². The predicted molar refractivity (Wildman–Crippen MR) is 104 cm³/mol. The zero-order valence-corrected chi connectivity index (χ0v) is 15.8. The van der Waals surface area contributed by atoms with Crippen molar-refractivity contribution in [3.05, 3.63) is 54.4 Å². The maximum atomic E-state index is 12.5. The van der Waals surface area contributed by atoms with Gasteiger partial charge in [0.2, 0.25) is 11.8 Å². The maximum Gasteiger partial charge on any atom is 0.222 e. The minimum atomic E-state index is -0.0638. The minimum absolute atomic E-state index is 0.0114. The number of hydrogen-bond acceptors (Lipinski definition) is 3. The quantitative estimate of drug-likeness (QED) is 0.691. The highest BCUT2D eigenvalue weighted by Gasteiger charge is 2.20. The van der Waals surface area contributed by atoms with Crippen LogP contribution in [0.25, 0.3) is 0 Å². The van der Waals surface area contributed by atoms with Gasteiger partial charge in [-0.2, -0.15) is 0 Å². The van der Waals surface area contributed by atoms with E-state index in [1.807, 2.05) is 58.3 Å². The summed E-state index contributed by atoms with van der Waals surface area (Å²) in [6.45, 7) is 2.15. The number of carbonyl (C=O) groups is 2. The van der Waals surface area contributed by atoms with Crippen LogP contribution < -0.4 is 10.1 Å². The molecule has 1 aromatic heterocycles. The SMILES string of the molecule is COc1ccc(C(CC(=O)NCCCN2CCCC2=O)n2cccc2)cc1. The molecule has 2 aromatic rings. The molecular weight excluding hydrogens is 342 g/mol. The number of methoxy groups -OCH3 is 1. The number of likely N-dealkylation sites (tertiary alicyclic amines) is 1. The van der Waals surface area contributed by atoms with Crippen LogP contribution in [0.15, 0.2) is 48.8 Å². The molecule has 0 radical (unpaired) electrons. The van der Waals surface area contributed by atoms with Crippen molar-refractivity contribution in [2.24, 2.45) is 0 Å². The van der Waals surface area contributed by atoms with Crippen LogP contribution in [0.2, 0.25) is 0 Å². The molecule has 0 saturated carbocycles. The second-order valence-electron chi connectivity index (χ2n) is 6.81. The fourth-order valence-electron chi connectivity index (χ4n) is 3.46. The molecule has 27 heavy (non-hydrogen) atoms. The molecule has 1 fully saturated rings. The molecule has 6 heteroatoms. The Labute approximate surface area is 160 Å². The monoisotopic (exact) mass is 369 g/mol. The van der Waals surface area contributed by atoms with Crippen molar-refractivity contribution in [2.45, 2.75) is 31.7 Å². The third-order valence-electron chi connectivity index (χ3n) is 4.97. The van der Waals surface area contributed by atoms with Crippen molar-refractivity contribution in [3.63, 3.8) is 0 Å². The number of hydrogen-bond donors (Lipinski definition) is 1. The van der Waals surface area contributed by atoms with Crippen LogP contribution in [0.1, 0.15) is 37.3 Å². The second kappa shape index (κ2) is 9.26. The summed E-state index contributed by atoms with van der Waals surface area (Å²) < 4.78 is 7.27. The lowest BCUT2D eigenvalue weighted by atomic mass is 10.0. The molecule has 2 heterocycles. The van der Waals surface area contributed by atoms with Crippen LogP contribution in [-0.2, 0) is 9.59 Å². The van der Waals surface area contributed by atoms with Crippen molar-refractivity contribution in [1.82, 2.24) is 14.8 Å². The third-order valence-corrected chi connectivity index (χ3v) is 4.97. The van der Waals surface area contributed by atoms with Crippen LogP contribution in [0.4, 0.5) is 0 Å². The van der Waals surface area contributed by atoms with Gasteiger partial charge in [0.15, 0.2) is 0 Å². The van der Waals surface area contributed by atoms with Gasteiger partial charge >= 0.3 is 0 Å². The number of ether oxygens (including phenoxy) is 1. The summed E-state index contributed by atoms with van der Waals surface area (Å²) in [7, 11) is 1.64. The van der Waals surface area contributed by atoms with Crippen molar-refractivity contribution < 1.29 is 14.3 Å². The average Bonchev–Trinajstić information content (AvgIpc) is 3.35. The molecule has 0 aliphatic carbocycles. The first kappa shape index (κ1) is 19.0. The summed E-state index contributed by atoms with van der Waals surface area (Å²) in [4.78, 5) is 26.0. The molecule has 0 bridgehead atoms. The van der Waals surface area contributed by atoms with Crippen LogP contribution in [0.5, 0.6) is 5.75 Å². The first-order valence-electron chi connectivity index (χ1n) is 9.48. The smallest absolute Gasteiger partial charge is 0.222 e. The Balaban J connectivity index is 1.53. The number of rotatable bonds is 9. The highest BCUT2D eigenvalue weighted by atomic mass is 16.5. The van der Waals surface area contributed by atoms with Crippen LogP contribution in [0.3, 0.4) is 0 Å². The van der Waals surface area contributed by atoms with E-state index in [1.54, 1.807) is 7.11 Å². The van der Waals surface area contributed by atoms with E-state index in [-0.39, 0.29) is 17.9 Å². The molecule has 3 rings (SSSR count). The number of carbonyl (C=O) groups excluding carboxylic acids is 2. The molecule has 1 aliphatic rings. The van der Waals surface area contributed by atoms with E-state index in [0.717, 1.165) is 37.2 Å². The first-order valence-corrected chi connectivity index (χ1v) is 9.48. The van der Waals surface area contributed by atoms with E-state index >= 15 is 0 Å². The van der Waals surface area contributed by atoms with Gasteiger partial charge in [0.05, 0.1) is 19.6 Å². The van der Waals surface area contributed by atoms with Gasteiger partial charge in [-0.05, 0) is 42.7 Å². The van der Waals surface area contributed by atoms with Gasteiger partial charge in [0.25, 0.3) is 0 Å². The summed E-state index contributed by atoms with van der Waals surface area (Å²) >= 11 is 0. The van der Waals surface area contributed by atoms with E-state index in [2.05, 4.69) is 5.32 Å². The summed E-state index contributed by atoms with van der Waals surface area (Å²) in [6.07, 6.45) is 6.71. The van der Waals surface area contributed by atoms with Gasteiger partial charge in [0.1, 0.15) is 5.75 Å². The van der Waals surface area contributed by atoms with E-state index in [4.69, 9.17) is 4.74 Å². The Morgan fingerprint density at radius 2 is 1.96 bits per heavy atom. The number of amides is 2. The highest BCUT2D eigenvalue weighted by molar-refractivity contribution is 5.78. The van der Waals surface area contributed by atoms with E-state index in [0.29, 0.717) is 19.4 Å². The molecule has 1 N–H and O–H groups in total. The molecule has 6 nitrogen and oxygen atoms in total. The number of aromatic nitrogens is 1. The molecule has 2 amide bonds. The molecule has 1 aromatic carbocycles. The Bertz CT molecular complexity index is 741. The fourth-order valence-corrected chi connectivity index (χ4v) is 3.46. The van der Waals surface area contributed by atoms with Crippen molar-refractivity contribution in [2.75, 3.05) is 26.7 Å². The van der Waals surface area contributed by atoms with Gasteiger partial charge in [-0.1, -0.05) is 12.1 Å². The second-order valence-corrected chi connectivity index (χ2v) is 6.81. The fraction of sp³-hybridized carbons (Fsp3) is 0.429. The van der Waals surface area contributed by atoms with Crippen molar-refractivity contribution in [3.8, 4) is 5.75 Å². The van der Waals surface area contributed by atoms with Crippen LogP contribution in [-0.4, -0.2) is 48.0 Å². The molecule has 1 atom stereocenters. The number of nitrogens with zero attached hydrogens (tertiary/aromatic N) is 2. The molecule has 1 aliphatic heterocycles. The zero-order valence-electron chi connectivity index (χ0n) is 15.8. The van der Waals surface area contributed by atoms with Crippen molar-refractivity contribution >= 4 is 11.8 Å². The summed E-state index contributed by atoms with van der Waals surface area (Å²) in [5, 5.41) is 2.99. The first-order chi connectivity index (χ1) is 13.2. The number of benzene rings is 1. The van der Waals surface area contributed by atoms with Gasteiger partial charge in [-0.15, -0.1) is 0 Å². The highest BCUT2D eigenvalue weighted by Crippen LogP contribution is 2.24. The minimum Gasteiger partial charge on any atom is -0.497 e. The van der Waals surface area contributed by atoms with E-state index < -0.39 is 0 Å². The largest absolute Gasteiger partial charge is 0.497 e. The van der Waals surface area contributed by atoms with E-state index in [9.17, 15) is 9.59 Å². The lowest BCUT2D eigenvalue weighted by molar-refractivity contribution is -0.127. The Kier molecular flexibility index (Phi) is 6.52. The van der Waals surface area contributed by atoms with E-state index in [1.165, 1.54) is 0 Å². The molecule has 1 unspecified atom stereocenters. The number of nitrogens with one attached hydrogen (secondary N) is 1. The standard InChI is InChI=1S/C21H27N3O3/c1-27-18-9-7-17(8-10-18)19(23-12-2-3-13-23)16-20(25)22-11-5-15-24-14-4-6-21(24)26/h2-3,7-10,12-13,19H,4-6,11,14-16H2,1H3,(H,22,25). The summed E-state index contributed by atoms with van der Waals surface area (Å²) in [6, 6.07) is 11.7. The maximum absolute atomic E-state index is 12.5.